The van der Waals surface area contributed by atoms with Crippen molar-refractivity contribution in [1.82, 2.24) is 15.0 Å². The lowest BCUT2D eigenvalue weighted by Gasteiger charge is -1.90. The summed E-state index contributed by atoms with van der Waals surface area (Å²) in [7, 11) is 0. The Kier molecular flexibility index (Phi) is 1.89. The Hall–Kier alpha value is -1.66. The van der Waals surface area contributed by atoms with Gasteiger partial charge in [0.1, 0.15) is 14.7 Å². The van der Waals surface area contributed by atoms with Crippen molar-refractivity contribution in [3.8, 4) is 0 Å². The highest BCUT2D eigenvalue weighted by atomic mass is 35.5. The molecule has 0 spiro atoms. The summed E-state index contributed by atoms with van der Waals surface area (Å²) in [6.07, 6.45) is 0. The lowest BCUT2D eigenvalue weighted by Crippen LogP contribution is -2.20. The molecule has 3 rings (SSSR count). The average Bonchev–Trinajstić information content (AvgIpc) is 2.56. The van der Waals surface area contributed by atoms with Crippen LogP contribution in [0, 0.1) is 0 Å². The minimum absolute atomic E-state index is 0.359. The van der Waals surface area contributed by atoms with Gasteiger partial charge in [-0.15, -0.1) is 11.3 Å². The fourth-order valence-electron chi connectivity index (χ4n) is 1.54. The molecule has 0 fully saturated rings. The van der Waals surface area contributed by atoms with Crippen molar-refractivity contribution < 1.29 is 0 Å². The van der Waals surface area contributed by atoms with Gasteiger partial charge in [0.25, 0.3) is 5.56 Å². The largest absolute Gasteiger partial charge is 0.326 e. The van der Waals surface area contributed by atoms with E-state index in [1.807, 2.05) is 0 Å². The first-order chi connectivity index (χ1) is 7.65. The number of hydrogen-bond acceptors (Lipinski definition) is 4. The molecule has 0 aliphatic carbocycles. The molecule has 0 unspecified atom stereocenters. The molecule has 0 aliphatic rings. The van der Waals surface area contributed by atoms with Gasteiger partial charge in [-0.3, -0.25) is 9.78 Å². The molecule has 3 aromatic rings. The van der Waals surface area contributed by atoms with Crippen molar-refractivity contribution in [2.24, 2.45) is 0 Å². The fraction of sp³-hybridized carbons (Fsp3) is 0. The Morgan fingerprint density at radius 1 is 1.25 bits per heavy atom. The van der Waals surface area contributed by atoms with Crippen LogP contribution < -0.4 is 11.2 Å². The highest BCUT2D eigenvalue weighted by Gasteiger charge is 2.10. The number of aromatic nitrogens is 3. The molecule has 0 aliphatic heterocycles. The van der Waals surface area contributed by atoms with Crippen molar-refractivity contribution in [3.63, 3.8) is 0 Å². The number of halogens is 1. The van der Waals surface area contributed by atoms with Crippen LogP contribution in [-0.4, -0.2) is 15.0 Å². The van der Waals surface area contributed by atoms with E-state index < -0.39 is 11.2 Å². The van der Waals surface area contributed by atoms with Crippen molar-refractivity contribution in [2.45, 2.75) is 0 Å². The molecule has 5 nitrogen and oxygen atoms in total. The Balaban J connectivity index is 2.66. The van der Waals surface area contributed by atoms with Gasteiger partial charge < -0.3 is 4.98 Å². The molecule has 7 heteroatoms. The van der Waals surface area contributed by atoms with Gasteiger partial charge in [-0.2, -0.15) is 0 Å². The highest BCUT2D eigenvalue weighted by molar-refractivity contribution is 7.25. The predicted molar refractivity (Wildman–Crippen MR) is 63.4 cm³/mol. The summed E-state index contributed by atoms with van der Waals surface area (Å²) in [5.74, 6) is 0. The van der Waals surface area contributed by atoms with Gasteiger partial charge in [-0.05, 0) is 12.1 Å². The number of fused-ring (bicyclic) bond motifs is 3. The van der Waals surface area contributed by atoms with Gasteiger partial charge in [0.15, 0.2) is 0 Å². The lowest BCUT2D eigenvalue weighted by molar-refractivity contribution is 1.09. The first-order valence-corrected chi connectivity index (χ1v) is 5.56. The Labute approximate surface area is 96.7 Å². The quantitative estimate of drug-likeness (QED) is 0.596. The van der Waals surface area contributed by atoms with E-state index in [4.69, 9.17) is 11.6 Å². The molecule has 0 saturated heterocycles. The third-order valence-electron chi connectivity index (χ3n) is 2.19. The minimum atomic E-state index is -0.521. The zero-order valence-corrected chi connectivity index (χ0v) is 9.28. The molecule has 0 radical (unpaired) electrons. The zero-order valence-electron chi connectivity index (χ0n) is 7.70. The maximum atomic E-state index is 11.5. The zero-order chi connectivity index (χ0) is 11.3. The van der Waals surface area contributed by atoms with E-state index in [1.165, 1.54) is 11.3 Å². The second-order valence-electron chi connectivity index (χ2n) is 3.20. The van der Waals surface area contributed by atoms with Gasteiger partial charge in [-0.1, -0.05) is 11.6 Å². The molecule has 16 heavy (non-hydrogen) atoms. The monoisotopic (exact) mass is 253 g/mol. The maximum absolute atomic E-state index is 11.5. The predicted octanol–water partition coefficient (Wildman–Crippen LogP) is 1.48. The van der Waals surface area contributed by atoms with E-state index in [9.17, 15) is 9.59 Å². The van der Waals surface area contributed by atoms with Crippen LogP contribution in [0.3, 0.4) is 0 Å². The van der Waals surface area contributed by atoms with Gasteiger partial charge >= 0.3 is 5.69 Å². The number of nitrogens with zero attached hydrogens (tertiary/aromatic N) is 1. The lowest BCUT2D eigenvalue weighted by atomic mass is 10.3. The van der Waals surface area contributed by atoms with Crippen molar-refractivity contribution in [3.05, 3.63) is 38.1 Å². The van der Waals surface area contributed by atoms with Crippen molar-refractivity contribution in [1.29, 1.82) is 0 Å². The van der Waals surface area contributed by atoms with Crippen molar-refractivity contribution >= 4 is 43.4 Å². The van der Waals surface area contributed by atoms with Gasteiger partial charge in [0, 0.05) is 5.39 Å². The van der Waals surface area contributed by atoms with Crippen LogP contribution in [0.15, 0.2) is 21.7 Å². The summed E-state index contributed by atoms with van der Waals surface area (Å²) in [4.78, 5) is 32.2. The molecular weight excluding hydrogens is 250 g/mol. The molecule has 3 aromatic heterocycles. The molecule has 2 N–H and O–H groups in total. The van der Waals surface area contributed by atoms with Crippen LogP contribution in [0.5, 0.6) is 0 Å². The van der Waals surface area contributed by atoms with Crippen LogP contribution in [0.2, 0.25) is 5.15 Å². The Bertz CT molecular complexity index is 817. The topological polar surface area (TPSA) is 78.6 Å². The third kappa shape index (κ3) is 1.27. The third-order valence-corrected chi connectivity index (χ3v) is 3.50. The summed E-state index contributed by atoms with van der Waals surface area (Å²) in [6.45, 7) is 0. The van der Waals surface area contributed by atoms with Gasteiger partial charge in [-0.25, -0.2) is 9.78 Å². The summed E-state index contributed by atoms with van der Waals surface area (Å²) < 4.78 is 0.448. The summed E-state index contributed by atoms with van der Waals surface area (Å²) in [6, 6.07) is 3.36. The molecule has 3 heterocycles. The van der Waals surface area contributed by atoms with Gasteiger partial charge in [0.2, 0.25) is 0 Å². The van der Waals surface area contributed by atoms with Crippen LogP contribution in [0.25, 0.3) is 20.4 Å². The second-order valence-corrected chi connectivity index (χ2v) is 4.59. The van der Waals surface area contributed by atoms with E-state index in [2.05, 4.69) is 15.0 Å². The van der Waals surface area contributed by atoms with Gasteiger partial charge in [0.05, 0.1) is 5.52 Å². The molecular formula is C9H4ClN3O2S. The number of hydrogen-bond donors (Lipinski definition) is 2. The van der Waals surface area contributed by atoms with Crippen LogP contribution >= 0.6 is 22.9 Å². The average molecular weight is 254 g/mol. The van der Waals surface area contributed by atoms with Crippen LogP contribution in [-0.2, 0) is 0 Å². The van der Waals surface area contributed by atoms with Crippen LogP contribution in [0.4, 0.5) is 0 Å². The van der Waals surface area contributed by atoms with Crippen molar-refractivity contribution in [2.75, 3.05) is 0 Å². The summed E-state index contributed by atoms with van der Waals surface area (Å²) >= 11 is 6.96. The molecule has 0 bridgehead atoms. The SMILES string of the molecule is O=c1[nH]c(=O)c2sc3nc(Cl)ccc3c2[nH]1. The number of H-pyrrole nitrogens is 2. The molecule has 0 amide bonds. The molecule has 0 aromatic carbocycles. The first-order valence-electron chi connectivity index (χ1n) is 4.36. The Morgan fingerprint density at radius 3 is 2.88 bits per heavy atom. The maximum Gasteiger partial charge on any atom is 0.326 e. The normalized spacial score (nSPS) is 11.3. The Morgan fingerprint density at radius 2 is 2.06 bits per heavy atom. The highest BCUT2D eigenvalue weighted by Crippen LogP contribution is 2.28. The van der Waals surface area contributed by atoms with E-state index >= 15 is 0 Å². The minimum Gasteiger partial charge on any atom is -0.305 e. The standard InChI is InChI=1S/C9H4ClN3O2S/c10-4-2-1-3-5-6(16-8(3)11-4)7(14)13-9(15)12-5/h1-2H,(H2,12,13,14,15). The summed E-state index contributed by atoms with van der Waals surface area (Å²) in [5, 5.41) is 1.09. The number of aromatic amines is 2. The van der Waals surface area contributed by atoms with E-state index in [0.29, 0.717) is 20.2 Å². The second kappa shape index (κ2) is 3.16. The summed E-state index contributed by atoms with van der Waals surface area (Å²) in [5.41, 5.74) is -0.414. The van der Waals surface area contributed by atoms with E-state index in [-0.39, 0.29) is 0 Å². The smallest absolute Gasteiger partial charge is 0.305 e. The number of rotatable bonds is 0. The van der Waals surface area contributed by atoms with E-state index in [1.54, 1.807) is 12.1 Å². The number of pyridine rings is 1. The molecule has 0 saturated carbocycles. The fourth-order valence-corrected chi connectivity index (χ4v) is 2.77. The number of nitrogens with one attached hydrogen (secondary N) is 2. The van der Waals surface area contributed by atoms with Crippen LogP contribution in [0.1, 0.15) is 0 Å². The first kappa shape index (κ1) is 9.56. The van der Waals surface area contributed by atoms with E-state index in [0.717, 1.165) is 5.39 Å². The number of thiophene rings is 1. The molecule has 0 atom stereocenters. The molecule has 80 valence electrons.